The van der Waals surface area contributed by atoms with Gasteiger partial charge in [-0.15, -0.1) is 0 Å². The number of benzene rings is 2. The fraction of sp³-hybridized carbons (Fsp3) is 0.222. The lowest BCUT2D eigenvalue weighted by molar-refractivity contribution is -0.137. The number of Topliss-reactive ketones (excluding diaryl/α,β-unsaturated/α-hetero) is 1. The van der Waals surface area contributed by atoms with E-state index in [2.05, 4.69) is 0 Å². The first-order valence-electron chi connectivity index (χ1n) is 7.06. The van der Waals surface area contributed by atoms with Crippen LogP contribution in [0.3, 0.4) is 0 Å². The Morgan fingerprint density at radius 1 is 0.955 bits per heavy atom. The molecule has 0 aliphatic rings. The summed E-state index contributed by atoms with van der Waals surface area (Å²) in [6, 6.07) is 14.8. The fourth-order valence-electron chi connectivity index (χ4n) is 2.30. The molecule has 22 heavy (non-hydrogen) atoms. The van der Waals surface area contributed by atoms with Gasteiger partial charge in [0.25, 0.3) is 0 Å². The molecule has 4 heteroatoms. The SMILES string of the molecule is CC(CC(=O)O)CC(=O)c1ccc(-c2ccc(Cl)cc2)cc1. The van der Waals surface area contributed by atoms with Crippen LogP contribution >= 0.6 is 11.6 Å². The van der Waals surface area contributed by atoms with Crippen LogP contribution in [0.25, 0.3) is 11.1 Å². The Labute approximate surface area is 134 Å². The summed E-state index contributed by atoms with van der Waals surface area (Å²) in [7, 11) is 0. The molecule has 114 valence electrons. The molecule has 1 unspecified atom stereocenters. The number of carboxylic acid groups (broad SMARTS) is 1. The zero-order valence-electron chi connectivity index (χ0n) is 12.3. The predicted octanol–water partition coefficient (Wildman–Crippen LogP) is 4.69. The summed E-state index contributed by atoms with van der Waals surface area (Å²) < 4.78 is 0. The third-order valence-corrected chi connectivity index (χ3v) is 3.69. The molecule has 0 spiro atoms. The van der Waals surface area contributed by atoms with Crippen LogP contribution in [-0.4, -0.2) is 16.9 Å². The van der Waals surface area contributed by atoms with Crippen LogP contribution in [0.5, 0.6) is 0 Å². The number of ketones is 1. The van der Waals surface area contributed by atoms with Crippen molar-refractivity contribution in [3.63, 3.8) is 0 Å². The molecule has 0 saturated heterocycles. The highest BCUT2D eigenvalue weighted by Gasteiger charge is 2.14. The molecule has 3 nitrogen and oxygen atoms in total. The van der Waals surface area contributed by atoms with Crippen molar-refractivity contribution in [2.45, 2.75) is 19.8 Å². The summed E-state index contributed by atoms with van der Waals surface area (Å²) in [6.07, 6.45) is 0.251. The number of carbonyl (C=O) groups is 2. The highest BCUT2D eigenvalue weighted by atomic mass is 35.5. The molecule has 0 amide bonds. The normalized spacial score (nSPS) is 11.9. The smallest absolute Gasteiger partial charge is 0.303 e. The van der Waals surface area contributed by atoms with E-state index >= 15 is 0 Å². The predicted molar refractivity (Wildman–Crippen MR) is 87.3 cm³/mol. The van der Waals surface area contributed by atoms with Crippen LogP contribution in [-0.2, 0) is 4.79 Å². The van der Waals surface area contributed by atoms with Gasteiger partial charge < -0.3 is 5.11 Å². The van der Waals surface area contributed by atoms with Crippen molar-refractivity contribution in [3.05, 3.63) is 59.1 Å². The minimum atomic E-state index is -0.876. The Bertz CT molecular complexity index is 660. The first kappa shape index (κ1) is 16.2. The Morgan fingerprint density at radius 2 is 1.45 bits per heavy atom. The lowest BCUT2D eigenvalue weighted by Crippen LogP contribution is -2.10. The minimum Gasteiger partial charge on any atom is -0.481 e. The van der Waals surface area contributed by atoms with Crippen LogP contribution < -0.4 is 0 Å². The minimum absolute atomic E-state index is 0.00853. The molecular formula is C18H17ClO3. The van der Waals surface area contributed by atoms with Gasteiger partial charge in [0.15, 0.2) is 5.78 Å². The van der Waals surface area contributed by atoms with Crippen molar-refractivity contribution in [1.82, 2.24) is 0 Å². The number of rotatable bonds is 6. The second-order valence-corrected chi connectivity index (χ2v) is 5.85. The molecule has 2 rings (SSSR count). The van der Waals surface area contributed by atoms with Gasteiger partial charge in [-0.1, -0.05) is 54.9 Å². The molecule has 2 aromatic carbocycles. The van der Waals surface area contributed by atoms with Gasteiger partial charge in [-0.25, -0.2) is 0 Å². The molecule has 0 bridgehead atoms. The quantitative estimate of drug-likeness (QED) is 0.786. The van der Waals surface area contributed by atoms with Crippen molar-refractivity contribution in [1.29, 1.82) is 0 Å². The highest BCUT2D eigenvalue weighted by Crippen LogP contribution is 2.22. The third kappa shape index (κ3) is 4.43. The van der Waals surface area contributed by atoms with Crippen LogP contribution in [0.15, 0.2) is 48.5 Å². The van der Waals surface area contributed by atoms with Gasteiger partial charge in [0.1, 0.15) is 0 Å². The third-order valence-electron chi connectivity index (χ3n) is 3.44. The van der Waals surface area contributed by atoms with Gasteiger partial charge in [-0.05, 0) is 29.2 Å². The summed E-state index contributed by atoms with van der Waals surface area (Å²) >= 11 is 5.86. The molecule has 0 aliphatic carbocycles. The van der Waals surface area contributed by atoms with Crippen molar-refractivity contribution < 1.29 is 14.7 Å². The van der Waals surface area contributed by atoms with Crippen molar-refractivity contribution in [2.24, 2.45) is 5.92 Å². The van der Waals surface area contributed by atoms with E-state index in [1.54, 1.807) is 19.1 Å². The molecule has 0 radical (unpaired) electrons. The summed E-state index contributed by atoms with van der Waals surface area (Å²) in [6.45, 7) is 1.77. The maximum atomic E-state index is 12.1. The van der Waals surface area contributed by atoms with E-state index in [1.807, 2.05) is 36.4 Å². The van der Waals surface area contributed by atoms with E-state index in [-0.39, 0.29) is 24.5 Å². The van der Waals surface area contributed by atoms with E-state index < -0.39 is 5.97 Å². The molecular weight excluding hydrogens is 300 g/mol. The van der Waals surface area contributed by atoms with Gasteiger partial charge >= 0.3 is 5.97 Å². The summed E-state index contributed by atoms with van der Waals surface area (Å²) in [4.78, 5) is 22.8. The maximum Gasteiger partial charge on any atom is 0.303 e. The average Bonchev–Trinajstić information content (AvgIpc) is 2.47. The average molecular weight is 317 g/mol. The standard InChI is InChI=1S/C18H17ClO3/c1-12(11-18(21)22)10-17(20)15-4-2-13(3-5-15)14-6-8-16(19)9-7-14/h2-9,12H,10-11H2,1H3,(H,21,22). The van der Waals surface area contributed by atoms with E-state index in [4.69, 9.17) is 16.7 Å². The number of hydrogen-bond donors (Lipinski definition) is 1. The summed E-state index contributed by atoms with van der Waals surface area (Å²) in [5.74, 6) is -1.07. The van der Waals surface area contributed by atoms with E-state index in [1.165, 1.54) is 0 Å². The number of hydrogen-bond acceptors (Lipinski definition) is 2. The Hall–Kier alpha value is -2.13. The summed E-state index contributed by atoms with van der Waals surface area (Å²) in [5, 5.41) is 9.41. The Kier molecular flexibility index (Phi) is 5.34. The summed E-state index contributed by atoms with van der Waals surface area (Å²) in [5.41, 5.74) is 2.64. The zero-order chi connectivity index (χ0) is 16.1. The molecule has 0 heterocycles. The van der Waals surface area contributed by atoms with Gasteiger partial charge in [-0.2, -0.15) is 0 Å². The van der Waals surface area contributed by atoms with Gasteiger partial charge in [-0.3, -0.25) is 9.59 Å². The monoisotopic (exact) mass is 316 g/mol. The first-order valence-corrected chi connectivity index (χ1v) is 7.44. The lowest BCUT2D eigenvalue weighted by atomic mass is 9.96. The number of carbonyl (C=O) groups excluding carboxylic acids is 1. The van der Waals surface area contributed by atoms with Crippen molar-refractivity contribution in [2.75, 3.05) is 0 Å². The zero-order valence-corrected chi connectivity index (χ0v) is 13.0. The topological polar surface area (TPSA) is 54.4 Å². The second kappa shape index (κ2) is 7.23. The van der Waals surface area contributed by atoms with Gasteiger partial charge in [0.05, 0.1) is 0 Å². The van der Waals surface area contributed by atoms with Gasteiger partial charge in [0, 0.05) is 23.4 Å². The van der Waals surface area contributed by atoms with Crippen molar-refractivity contribution in [3.8, 4) is 11.1 Å². The van der Waals surface area contributed by atoms with E-state index in [9.17, 15) is 9.59 Å². The fourth-order valence-corrected chi connectivity index (χ4v) is 2.42. The molecule has 0 aliphatic heterocycles. The molecule has 1 N–H and O–H groups in total. The van der Waals surface area contributed by atoms with Crippen LogP contribution in [0.1, 0.15) is 30.1 Å². The highest BCUT2D eigenvalue weighted by molar-refractivity contribution is 6.30. The lowest BCUT2D eigenvalue weighted by Gasteiger charge is -2.08. The van der Waals surface area contributed by atoms with Crippen molar-refractivity contribution >= 4 is 23.4 Å². The molecule has 2 aromatic rings. The number of carboxylic acids is 1. The Morgan fingerprint density at radius 3 is 1.95 bits per heavy atom. The number of halogens is 1. The Balaban J connectivity index is 2.06. The second-order valence-electron chi connectivity index (χ2n) is 5.41. The van der Waals surface area contributed by atoms with Crippen LogP contribution in [0, 0.1) is 5.92 Å². The van der Waals surface area contributed by atoms with Crippen LogP contribution in [0.4, 0.5) is 0 Å². The molecule has 0 aromatic heterocycles. The largest absolute Gasteiger partial charge is 0.481 e. The molecule has 0 fully saturated rings. The van der Waals surface area contributed by atoms with Crippen LogP contribution in [0.2, 0.25) is 5.02 Å². The molecule has 0 saturated carbocycles. The van der Waals surface area contributed by atoms with Gasteiger partial charge in [0.2, 0.25) is 0 Å². The van der Waals surface area contributed by atoms with E-state index in [0.29, 0.717) is 10.6 Å². The first-order chi connectivity index (χ1) is 10.5. The maximum absolute atomic E-state index is 12.1. The molecule has 1 atom stereocenters. The van der Waals surface area contributed by atoms with E-state index in [0.717, 1.165) is 11.1 Å². The number of aliphatic carboxylic acids is 1.